The van der Waals surface area contributed by atoms with Crippen LogP contribution in [0.25, 0.3) is 0 Å². The second kappa shape index (κ2) is 6.07. The first-order chi connectivity index (χ1) is 9.19. The Hall–Kier alpha value is -2.25. The van der Waals surface area contributed by atoms with Crippen LogP contribution in [0.15, 0.2) is 42.6 Å². The van der Waals surface area contributed by atoms with Crippen molar-refractivity contribution < 1.29 is 4.39 Å². The Morgan fingerprint density at radius 1 is 1.37 bits per heavy atom. The van der Waals surface area contributed by atoms with Gasteiger partial charge in [0, 0.05) is 18.8 Å². The van der Waals surface area contributed by atoms with Crippen LogP contribution < -0.4 is 5.32 Å². The van der Waals surface area contributed by atoms with Gasteiger partial charge >= 0.3 is 0 Å². The summed E-state index contributed by atoms with van der Waals surface area (Å²) < 4.78 is 13.1. The predicted molar refractivity (Wildman–Crippen MR) is 70.6 cm³/mol. The van der Waals surface area contributed by atoms with Crippen molar-refractivity contribution in [1.82, 2.24) is 10.3 Å². The number of hydrogen-bond donors (Lipinski definition) is 1. The van der Waals surface area contributed by atoms with E-state index in [4.69, 9.17) is 5.26 Å². The Morgan fingerprint density at radius 3 is 2.95 bits per heavy atom. The standard InChI is InChI=1S/C15H14FN3/c1-11(13-3-2-4-14(16)8-13)19-10-12-5-6-18-15(7-12)9-17/h2-8,11,19H,10H2,1H3. The molecule has 0 aliphatic rings. The molecule has 1 aromatic heterocycles. The molecule has 1 heterocycles. The highest BCUT2D eigenvalue weighted by Gasteiger charge is 2.06. The number of nitrogens with one attached hydrogen (secondary N) is 1. The molecule has 0 saturated carbocycles. The average Bonchev–Trinajstić information content (AvgIpc) is 2.45. The molecule has 0 aliphatic carbocycles. The molecule has 3 nitrogen and oxygen atoms in total. The maximum Gasteiger partial charge on any atom is 0.140 e. The highest BCUT2D eigenvalue weighted by atomic mass is 19.1. The zero-order chi connectivity index (χ0) is 13.7. The fourth-order valence-electron chi connectivity index (χ4n) is 1.81. The molecule has 2 aromatic rings. The van der Waals surface area contributed by atoms with E-state index in [0.717, 1.165) is 11.1 Å². The Labute approximate surface area is 111 Å². The summed E-state index contributed by atoms with van der Waals surface area (Å²) in [6.45, 7) is 2.58. The van der Waals surface area contributed by atoms with Gasteiger partial charge in [0.1, 0.15) is 17.6 Å². The van der Waals surface area contributed by atoms with Crippen LogP contribution in [0.4, 0.5) is 4.39 Å². The first-order valence-corrected chi connectivity index (χ1v) is 6.03. The van der Waals surface area contributed by atoms with Crippen molar-refractivity contribution in [2.24, 2.45) is 0 Å². The van der Waals surface area contributed by atoms with Gasteiger partial charge in [-0.25, -0.2) is 9.37 Å². The fourth-order valence-corrected chi connectivity index (χ4v) is 1.81. The van der Waals surface area contributed by atoms with E-state index < -0.39 is 0 Å². The van der Waals surface area contributed by atoms with E-state index in [9.17, 15) is 4.39 Å². The van der Waals surface area contributed by atoms with E-state index in [1.54, 1.807) is 18.3 Å². The Balaban J connectivity index is 2.00. The van der Waals surface area contributed by atoms with Crippen LogP contribution in [0.3, 0.4) is 0 Å². The van der Waals surface area contributed by atoms with Crippen molar-refractivity contribution in [3.05, 3.63) is 65.2 Å². The molecule has 0 saturated heterocycles. The SMILES string of the molecule is CC(NCc1ccnc(C#N)c1)c1cccc(F)c1. The molecule has 0 spiro atoms. The first-order valence-electron chi connectivity index (χ1n) is 6.03. The van der Waals surface area contributed by atoms with Crippen molar-refractivity contribution in [3.63, 3.8) is 0 Å². The zero-order valence-electron chi connectivity index (χ0n) is 10.6. The molecule has 0 radical (unpaired) electrons. The van der Waals surface area contributed by atoms with Gasteiger partial charge in [0.25, 0.3) is 0 Å². The molecule has 96 valence electrons. The van der Waals surface area contributed by atoms with E-state index in [0.29, 0.717) is 12.2 Å². The van der Waals surface area contributed by atoms with Crippen LogP contribution in [-0.4, -0.2) is 4.98 Å². The molecule has 0 amide bonds. The molecule has 1 atom stereocenters. The summed E-state index contributed by atoms with van der Waals surface area (Å²) in [5, 5.41) is 12.1. The number of hydrogen-bond acceptors (Lipinski definition) is 3. The van der Waals surface area contributed by atoms with Gasteiger partial charge in [0.15, 0.2) is 0 Å². The monoisotopic (exact) mass is 255 g/mol. The Kier molecular flexibility index (Phi) is 4.22. The normalized spacial score (nSPS) is 11.8. The minimum absolute atomic E-state index is 0.0365. The van der Waals surface area contributed by atoms with Gasteiger partial charge in [-0.2, -0.15) is 5.26 Å². The van der Waals surface area contributed by atoms with Gasteiger partial charge in [0.2, 0.25) is 0 Å². The van der Waals surface area contributed by atoms with Gasteiger partial charge in [0.05, 0.1) is 0 Å². The van der Waals surface area contributed by atoms with Crippen LogP contribution >= 0.6 is 0 Å². The number of rotatable bonds is 4. The lowest BCUT2D eigenvalue weighted by molar-refractivity contribution is 0.565. The summed E-state index contributed by atoms with van der Waals surface area (Å²) in [6, 6.07) is 12.2. The van der Waals surface area contributed by atoms with E-state index in [-0.39, 0.29) is 11.9 Å². The summed E-state index contributed by atoms with van der Waals surface area (Å²) in [7, 11) is 0. The largest absolute Gasteiger partial charge is 0.306 e. The second-order valence-corrected chi connectivity index (χ2v) is 4.32. The summed E-state index contributed by atoms with van der Waals surface area (Å²) in [4.78, 5) is 3.92. The molecular formula is C15H14FN3. The van der Waals surface area contributed by atoms with Gasteiger partial charge in [-0.05, 0) is 42.3 Å². The lowest BCUT2D eigenvalue weighted by Crippen LogP contribution is -2.18. The summed E-state index contributed by atoms with van der Waals surface area (Å²) in [6.07, 6.45) is 1.61. The molecule has 0 fully saturated rings. The summed E-state index contributed by atoms with van der Waals surface area (Å²) in [5.41, 5.74) is 2.28. The maximum atomic E-state index is 13.1. The van der Waals surface area contributed by atoms with Crippen molar-refractivity contribution >= 4 is 0 Å². The van der Waals surface area contributed by atoms with E-state index in [1.807, 2.05) is 25.1 Å². The molecule has 19 heavy (non-hydrogen) atoms. The molecule has 1 aromatic carbocycles. The second-order valence-electron chi connectivity index (χ2n) is 4.32. The van der Waals surface area contributed by atoms with Crippen LogP contribution in [0.5, 0.6) is 0 Å². The summed E-state index contributed by atoms with van der Waals surface area (Å²) >= 11 is 0. The third-order valence-electron chi connectivity index (χ3n) is 2.90. The van der Waals surface area contributed by atoms with E-state index in [1.165, 1.54) is 12.1 Å². The Morgan fingerprint density at radius 2 is 2.21 bits per heavy atom. The minimum atomic E-state index is -0.234. The Bertz CT molecular complexity index is 604. The van der Waals surface area contributed by atoms with Crippen LogP contribution in [0.2, 0.25) is 0 Å². The lowest BCUT2D eigenvalue weighted by atomic mass is 10.1. The molecule has 0 aliphatic heterocycles. The van der Waals surface area contributed by atoms with Gasteiger partial charge in [-0.15, -0.1) is 0 Å². The van der Waals surface area contributed by atoms with Crippen LogP contribution in [0, 0.1) is 17.1 Å². The highest BCUT2D eigenvalue weighted by Crippen LogP contribution is 2.14. The fraction of sp³-hybridized carbons (Fsp3) is 0.200. The molecule has 1 N–H and O–H groups in total. The maximum absolute atomic E-state index is 13.1. The van der Waals surface area contributed by atoms with Crippen LogP contribution in [0.1, 0.15) is 29.8 Å². The number of benzene rings is 1. The molecule has 1 unspecified atom stereocenters. The number of nitriles is 1. The quantitative estimate of drug-likeness (QED) is 0.913. The molecular weight excluding hydrogens is 241 g/mol. The van der Waals surface area contributed by atoms with Gasteiger partial charge in [-0.3, -0.25) is 0 Å². The molecule has 4 heteroatoms. The van der Waals surface area contributed by atoms with E-state index >= 15 is 0 Å². The minimum Gasteiger partial charge on any atom is -0.306 e. The van der Waals surface area contributed by atoms with Crippen molar-refractivity contribution in [2.75, 3.05) is 0 Å². The number of aromatic nitrogens is 1. The smallest absolute Gasteiger partial charge is 0.140 e. The van der Waals surface area contributed by atoms with Crippen molar-refractivity contribution in [2.45, 2.75) is 19.5 Å². The van der Waals surface area contributed by atoms with Crippen molar-refractivity contribution in [1.29, 1.82) is 5.26 Å². The molecule has 0 bridgehead atoms. The highest BCUT2D eigenvalue weighted by molar-refractivity contribution is 5.26. The topological polar surface area (TPSA) is 48.7 Å². The molecule has 2 rings (SSSR count). The number of pyridine rings is 1. The predicted octanol–water partition coefficient (Wildman–Crippen LogP) is 2.94. The third-order valence-corrected chi connectivity index (χ3v) is 2.90. The lowest BCUT2D eigenvalue weighted by Gasteiger charge is -2.14. The third kappa shape index (κ3) is 3.60. The first kappa shape index (κ1) is 13.2. The van der Waals surface area contributed by atoms with E-state index in [2.05, 4.69) is 10.3 Å². The average molecular weight is 255 g/mol. The summed E-state index contributed by atoms with van der Waals surface area (Å²) in [5.74, 6) is -0.234. The van der Waals surface area contributed by atoms with Crippen LogP contribution in [-0.2, 0) is 6.54 Å². The number of halogens is 1. The van der Waals surface area contributed by atoms with Gasteiger partial charge in [-0.1, -0.05) is 12.1 Å². The van der Waals surface area contributed by atoms with Crippen molar-refractivity contribution in [3.8, 4) is 6.07 Å². The number of nitrogens with zero attached hydrogens (tertiary/aromatic N) is 2. The zero-order valence-corrected chi connectivity index (χ0v) is 10.6. The van der Waals surface area contributed by atoms with Gasteiger partial charge < -0.3 is 5.32 Å².